The molecule has 1 aliphatic rings. The maximum Gasteiger partial charge on any atom is 0.416 e. The summed E-state index contributed by atoms with van der Waals surface area (Å²) in [7, 11) is -3.96. The summed E-state index contributed by atoms with van der Waals surface area (Å²) in [5.74, 6) is -1.34. The number of imidazole rings is 1. The number of benzene rings is 3. The minimum atomic E-state index is -4.67. The summed E-state index contributed by atoms with van der Waals surface area (Å²) < 4.78 is 82.1. The summed E-state index contributed by atoms with van der Waals surface area (Å²) in [6.45, 7) is -0.0958. The quantitative estimate of drug-likeness (QED) is 0.251. The van der Waals surface area contributed by atoms with Crippen LogP contribution in [0.5, 0.6) is 0 Å². The minimum Gasteiger partial charge on any atom is -0.326 e. The number of alkyl halides is 3. The molecule has 0 unspecified atom stereocenters. The van der Waals surface area contributed by atoms with Gasteiger partial charge in [0.15, 0.2) is 0 Å². The first-order valence-electron chi connectivity index (χ1n) is 11.8. The molecule has 0 bridgehead atoms. The van der Waals surface area contributed by atoms with E-state index in [4.69, 9.17) is 23.2 Å². The molecular weight excluding hydrogens is 607 g/mol. The number of carbonyl (C=O) groups is 1. The molecule has 1 fully saturated rings. The van der Waals surface area contributed by atoms with E-state index in [1.807, 2.05) is 4.72 Å². The van der Waals surface area contributed by atoms with Gasteiger partial charge in [0.25, 0.3) is 5.91 Å². The lowest BCUT2D eigenvalue weighted by Gasteiger charge is -2.15. The zero-order chi connectivity index (χ0) is 29.5. The molecule has 2 heterocycles. The van der Waals surface area contributed by atoms with Crippen LogP contribution in [-0.4, -0.2) is 30.4 Å². The molecule has 1 saturated heterocycles. The van der Waals surface area contributed by atoms with Crippen molar-refractivity contribution in [3.05, 3.63) is 105 Å². The molecule has 0 radical (unpaired) electrons. The van der Waals surface area contributed by atoms with Crippen LogP contribution in [0, 0.1) is 5.82 Å². The lowest BCUT2D eigenvalue weighted by molar-refractivity contribution is -0.137. The van der Waals surface area contributed by atoms with Gasteiger partial charge in [0, 0.05) is 28.9 Å². The first kappa shape index (κ1) is 28.7. The Kier molecular flexibility index (Phi) is 7.58. The van der Waals surface area contributed by atoms with Gasteiger partial charge in [0.2, 0.25) is 0 Å². The fourth-order valence-corrected chi connectivity index (χ4v) is 5.82. The number of nitrogens with one attached hydrogen (secondary N) is 1. The van der Waals surface area contributed by atoms with Gasteiger partial charge < -0.3 is 4.57 Å². The van der Waals surface area contributed by atoms with Crippen LogP contribution in [0.2, 0.25) is 10.0 Å². The summed E-state index contributed by atoms with van der Waals surface area (Å²) in [6, 6.07) is 13.6. The number of rotatable bonds is 6. The standard InChI is InChI=1S/C27H18Cl2F4N4O3S/c28-19-6-9-21(22(29)12-19)24-14-36(13-16-1-7-20(8-2-16)37-15-26(38)35-41(37,39)40)25(34-24)10-4-17-3-5-18(11-23(17)30)27(31,32)33/h1-12,14H,13,15H2,(H,35,38)/b10-4+. The molecule has 4 aromatic rings. The Bertz CT molecular complexity index is 1790. The Hall–Kier alpha value is -3.87. The molecule has 1 aromatic heterocycles. The van der Waals surface area contributed by atoms with Crippen LogP contribution in [-0.2, 0) is 27.7 Å². The highest BCUT2D eigenvalue weighted by Gasteiger charge is 2.34. The van der Waals surface area contributed by atoms with Crippen molar-refractivity contribution in [3.8, 4) is 11.3 Å². The van der Waals surface area contributed by atoms with Crippen molar-refractivity contribution >= 4 is 57.2 Å². The van der Waals surface area contributed by atoms with Gasteiger partial charge in [-0.1, -0.05) is 41.4 Å². The number of amides is 1. The van der Waals surface area contributed by atoms with Crippen molar-refractivity contribution < 1.29 is 30.8 Å². The third-order valence-electron chi connectivity index (χ3n) is 6.15. The molecule has 0 aliphatic carbocycles. The largest absolute Gasteiger partial charge is 0.416 e. The highest BCUT2D eigenvalue weighted by atomic mass is 35.5. The second-order valence-corrected chi connectivity index (χ2v) is 11.4. The molecule has 0 atom stereocenters. The number of aromatic nitrogens is 2. The molecule has 0 saturated carbocycles. The molecule has 14 heteroatoms. The highest BCUT2D eigenvalue weighted by Crippen LogP contribution is 2.32. The number of carbonyl (C=O) groups excluding carboxylic acids is 1. The molecule has 0 spiro atoms. The Morgan fingerprint density at radius 2 is 1.73 bits per heavy atom. The molecular formula is C27H18Cl2F4N4O3S. The van der Waals surface area contributed by atoms with E-state index < -0.39 is 33.7 Å². The van der Waals surface area contributed by atoms with E-state index in [0.717, 1.165) is 22.0 Å². The van der Waals surface area contributed by atoms with Gasteiger partial charge in [-0.25, -0.2) is 18.4 Å². The molecule has 3 aromatic carbocycles. The SMILES string of the molecule is O=C1CN(c2ccc(Cn3cc(-c4ccc(Cl)cc4Cl)nc3/C=C/c3ccc(C(F)(F)F)cc3F)cc2)S(=O)(=O)N1. The first-order valence-corrected chi connectivity index (χ1v) is 14.0. The summed E-state index contributed by atoms with van der Waals surface area (Å²) in [5, 5.41) is 0.763. The maximum atomic E-state index is 14.5. The predicted octanol–water partition coefficient (Wildman–Crippen LogP) is 6.41. The van der Waals surface area contributed by atoms with E-state index in [0.29, 0.717) is 38.9 Å². The molecule has 212 valence electrons. The lowest BCUT2D eigenvalue weighted by atomic mass is 10.1. The van der Waals surface area contributed by atoms with Gasteiger partial charge in [-0.2, -0.15) is 21.6 Å². The van der Waals surface area contributed by atoms with Gasteiger partial charge in [-0.15, -0.1) is 0 Å². The van der Waals surface area contributed by atoms with Crippen LogP contribution >= 0.6 is 23.2 Å². The fourth-order valence-electron chi connectivity index (χ4n) is 4.16. The molecule has 5 rings (SSSR count). The van der Waals surface area contributed by atoms with Crippen LogP contribution in [0.15, 0.2) is 66.9 Å². The number of hydrogen-bond acceptors (Lipinski definition) is 4. The van der Waals surface area contributed by atoms with Crippen molar-refractivity contribution in [2.24, 2.45) is 0 Å². The van der Waals surface area contributed by atoms with Crippen molar-refractivity contribution in [3.63, 3.8) is 0 Å². The van der Waals surface area contributed by atoms with E-state index in [1.165, 1.54) is 12.2 Å². The van der Waals surface area contributed by atoms with E-state index in [1.54, 1.807) is 53.2 Å². The summed E-state index contributed by atoms with van der Waals surface area (Å²) in [4.78, 5) is 16.1. The van der Waals surface area contributed by atoms with E-state index in [9.17, 15) is 30.8 Å². The zero-order valence-electron chi connectivity index (χ0n) is 20.7. The smallest absolute Gasteiger partial charge is 0.326 e. The Morgan fingerprint density at radius 1 is 1.00 bits per heavy atom. The van der Waals surface area contributed by atoms with Gasteiger partial charge in [-0.05, 0) is 60.2 Å². The number of anilines is 1. The van der Waals surface area contributed by atoms with Crippen LogP contribution in [0.4, 0.5) is 23.2 Å². The van der Waals surface area contributed by atoms with Gasteiger partial charge in [0.1, 0.15) is 18.2 Å². The molecule has 41 heavy (non-hydrogen) atoms. The van der Waals surface area contributed by atoms with Crippen LogP contribution < -0.4 is 9.03 Å². The average molecular weight is 625 g/mol. The summed E-state index contributed by atoms with van der Waals surface area (Å²) in [5.41, 5.74) is 0.882. The first-order chi connectivity index (χ1) is 19.3. The second-order valence-electron chi connectivity index (χ2n) is 9.01. The number of nitrogens with zero attached hydrogens (tertiary/aromatic N) is 3. The van der Waals surface area contributed by atoms with Crippen LogP contribution in [0.3, 0.4) is 0 Å². The Balaban J connectivity index is 1.48. The fraction of sp³-hybridized carbons (Fsp3) is 0.111. The van der Waals surface area contributed by atoms with Crippen molar-refractivity contribution in [1.29, 1.82) is 0 Å². The molecule has 1 aliphatic heterocycles. The second kappa shape index (κ2) is 10.8. The zero-order valence-corrected chi connectivity index (χ0v) is 23.0. The summed E-state index contributed by atoms with van der Waals surface area (Å²) in [6.07, 6.45) is -0.208. The van der Waals surface area contributed by atoms with Crippen LogP contribution in [0.1, 0.15) is 22.5 Å². The number of hydrogen-bond donors (Lipinski definition) is 1. The van der Waals surface area contributed by atoms with E-state index in [-0.39, 0.29) is 18.7 Å². The minimum absolute atomic E-state index is 0.0713. The topological polar surface area (TPSA) is 84.3 Å². The number of halogens is 6. The van der Waals surface area contributed by atoms with Crippen LogP contribution in [0.25, 0.3) is 23.4 Å². The average Bonchev–Trinajstić information content (AvgIpc) is 3.41. The van der Waals surface area contributed by atoms with Crippen molar-refractivity contribution in [1.82, 2.24) is 14.3 Å². The summed E-state index contributed by atoms with van der Waals surface area (Å²) >= 11 is 12.4. The predicted molar refractivity (Wildman–Crippen MR) is 148 cm³/mol. The van der Waals surface area contributed by atoms with Gasteiger partial charge >= 0.3 is 16.4 Å². The van der Waals surface area contributed by atoms with Crippen molar-refractivity contribution in [2.75, 3.05) is 10.8 Å². The van der Waals surface area contributed by atoms with Gasteiger partial charge in [-0.3, -0.25) is 4.79 Å². The maximum absolute atomic E-state index is 14.5. The molecule has 1 amide bonds. The Labute approximate surface area is 241 Å². The molecule has 7 nitrogen and oxygen atoms in total. The highest BCUT2D eigenvalue weighted by molar-refractivity contribution is 7.92. The molecule has 1 N–H and O–H groups in total. The third-order valence-corrected chi connectivity index (χ3v) is 8.11. The van der Waals surface area contributed by atoms with E-state index >= 15 is 0 Å². The Morgan fingerprint density at radius 3 is 2.34 bits per heavy atom. The monoisotopic (exact) mass is 624 g/mol. The normalized spacial score (nSPS) is 15.1. The lowest BCUT2D eigenvalue weighted by Crippen LogP contribution is -2.29. The van der Waals surface area contributed by atoms with Gasteiger partial charge in [0.05, 0.1) is 22.0 Å². The van der Waals surface area contributed by atoms with Crippen molar-refractivity contribution in [2.45, 2.75) is 12.7 Å². The van der Waals surface area contributed by atoms with E-state index in [2.05, 4.69) is 4.98 Å². The third kappa shape index (κ3) is 6.24.